The molecule has 5 heterocycles. The maximum absolute atomic E-state index is 14.0. The molecule has 0 unspecified atom stereocenters. The maximum Gasteiger partial charge on any atom is 0.227 e. The summed E-state index contributed by atoms with van der Waals surface area (Å²) in [5.74, 6) is 3.03. The van der Waals surface area contributed by atoms with E-state index in [2.05, 4.69) is 52.0 Å². The number of aliphatic hydroxyl groups is 1. The molecule has 0 aromatic carbocycles. The van der Waals surface area contributed by atoms with Crippen molar-refractivity contribution >= 4 is 34.2 Å². The molecular weight excluding hydrogens is 421 g/mol. The highest BCUT2D eigenvalue weighted by Crippen LogP contribution is 2.35. The fourth-order valence-electron chi connectivity index (χ4n) is 4.51. The van der Waals surface area contributed by atoms with E-state index in [0.717, 1.165) is 23.1 Å². The molecule has 0 bridgehead atoms. The fraction of sp³-hybridized carbons (Fsp3) is 0.500. The molecule has 0 saturated carbocycles. The number of hydrogen-bond acceptors (Lipinski definition) is 8. The van der Waals surface area contributed by atoms with Crippen LogP contribution in [-0.2, 0) is 0 Å². The van der Waals surface area contributed by atoms with Crippen LogP contribution in [0.3, 0.4) is 0 Å². The number of anilines is 4. The lowest BCUT2D eigenvalue weighted by Crippen LogP contribution is -2.46. The first-order chi connectivity index (χ1) is 15.9. The normalized spacial score (nSPS) is 23.2. The predicted molar refractivity (Wildman–Crippen MR) is 128 cm³/mol. The van der Waals surface area contributed by atoms with Crippen molar-refractivity contribution in [1.29, 1.82) is 0 Å². The first-order valence-corrected chi connectivity index (χ1v) is 11.6. The minimum Gasteiger partial charge on any atom is -0.390 e. The molecule has 174 valence electrons. The first kappa shape index (κ1) is 21.8. The van der Waals surface area contributed by atoms with Gasteiger partial charge in [0.15, 0.2) is 0 Å². The van der Waals surface area contributed by atoms with Crippen LogP contribution < -0.4 is 15.1 Å². The number of fused-ring (bicyclic) bond motifs is 1. The molecule has 9 heteroatoms. The number of nitrogens with zero attached hydrogens (tertiary/aromatic N) is 6. The molecule has 0 radical (unpaired) electrons. The van der Waals surface area contributed by atoms with Gasteiger partial charge in [-0.2, -0.15) is 4.98 Å². The Hall–Kier alpha value is -3.07. The van der Waals surface area contributed by atoms with Crippen molar-refractivity contribution in [3.05, 3.63) is 36.3 Å². The van der Waals surface area contributed by atoms with Gasteiger partial charge in [-0.1, -0.05) is 13.8 Å². The van der Waals surface area contributed by atoms with Crippen LogP contribution in [0.1, 0.15) is 45.1 Å². The van der Waals surface area contributed by atoms with Crippen LogP contribution in [-0.4, -0.2) is 63.0 Å². The van der Waals surface area contributed by atoms with E-state index in [1.807, 2.05) is 12.4 Å². The van der Waals surface area contributed by atoms with Gasteiger partial charge in [-0.25, -0.2) is 19.3 Å². The van der Waals surface area contributed by atoms with E-state index in [1.54, 1.807) is 17.2 Å². The molecule has 8 nitrogen and oxygen atoms in total. The first-order valence-electron chi connectivity index (χ1n) is 11.6. The molecule has 33 heavy (non-hydrogen) atoms. The lowest BCUT2D eigenvalue weighted by atomic mass is 9.97. The van der Waals surface area contributed by atoms with Crippen molar-refractivity contribution in [2.45, 2.75) is 57.8 Å². The Kier molecular flexibility index (Phi) is 5.74. The molecule has 3 aromatic rings. The molecule has 2 fully saturated rings. The summed E-state index contributed by atoms with van der Waals surface area (Å²) in [6, 6.07) is 4.31. The van der Waals surface area contributed by atoms with Crippen LogP contribution in [0.2, 0.25) is 0 Å². The molecule has 5 rings (SSSR count). The third-order valence-corrected chi connectivity index (χ3v) is 6.68. The second-order valence-corrected chi connectivity index (χ2v) is 9.32. The van der Waals surface area contributed by atoms with E-state index >= 15 is 0 Å². The van der Waals surface area contributed by atoms with Crippen LogP contribution in [0.15, 0.2) is 30.7 Å². The summed E-state index contributed by atoms with van der Waals surface area (Å²) in [5.41, 5.74) is 1.18. The zero-order valence-electron chi connectivity index (χ0n) is 19.2. The summed E-state index contributed by atoms with van der Waals surface area (Å²) in [6.45, 7) is 8.17. The standard InChI is InChI=1S/C24H30FN7O/c1-14(2)17-11-28-23(32-9-5-15(32)3)18-12-27-22(10-16(17)18)29-21-4-7-26-24(30-21)31-8-6-20(33)19(25)13-31/h4,7,10-12,14-15,19-20,33H,5-6,8-9,13H2,1-3H3,(H,26,27,29,30)/t15-,19+,20-/m0/s1. The summed E-state index contributed by atoms with van der Waals surface area (Å²) >= 11 is 0. The largest absolute Gasteiger partial charge is 0.390 e. The Morgan fingerprint density at radius 2 is 1.94 bits per heavy atom. The Morgan fingerprint density at radius 3 is 2.64 bits per heavy atom. The zero-order valence-corrected chi connectivity index (χ0v) is 19.2. The van der Waals surface area contributed by atoms with Crippen molar-refractivity contribution in [3.8, 4) is 0 Å². The summed E-state index contributed by atoms with van der Waals surface area (Å²) in [4.78, 5) is 22.4. The SMILES string of the molecule is CC(C)c1cnc(N2CC[C@@H]2C)c2cnc(Nc3ccnc(N4CC[C@H](O)[C@H](F)C4)n3)cc12. The second kappa shape index (κ2) is 8.70. The predicted octanol–water partition coefficient (Wildman–Crippen LogP) is 3.79. The highest BCUT2D eigenvalue weighted by atomic mass is 19.1. The number of rotatable bonds is 5. The van der Waals surface area contributed by atoms with Crippen molar-refractivity contribution in [2.75, 3.05) is 34.8 Å². The van der Waals surface area contributed by atoms with Crippen LogP contribution in [0, 0.1) is 0 Å². The number of halogens is 1. The van der Waals surface area contributed by atoms with E-state index in [4.69, 9.17) is 4.98 Å². The lowest BCUT2D eigenvalue weighted by molar-refractivity contribution is 0.0612. The summed E-state index contributed by atoms with van der Waals surface area (Å²) < 4.78 is 14.0. The van der Waals surface area contributed by atoms with Crippen molar-refractivity contribution in [1.82, 2.24) is 19.9 Å². The van der Waals surface area contributed by atoms with Crippen LogP contribution in [0.25, 0.3) is 10.8 Å². The summed E-state index contributed by atoms with van der Waals surface area (Å²) in [7, 11) is 0. The smallest absolute Gasteiger partial charge is 0.227 e. The quantitative estimate of drug-likeness (QED) is 0.606. The number of nitrogens with one attached hydrogen (secondary N) is 1. The molecule has 3 aromatic heterocycles. The summed E-state index contributed by atoms with van der Waals surface area (Å²) in [6.07, 6.45) is 4.84. The van der Waals surface area contributed by atoms with Gasteiger partial charge in [0.1, 0.15) is 23.6 Å². The molecular formula is C24H30FN7O. The Bertz CT molecular complexity index is 1160. The maximum atomic E-state index is 14.0. The monoisotopic (exact) mass is 451 g/mol. The van der Waals surface area contributed by atoms with Gasteiger partial charge in [-0.05, 0) is 48.8 Å². The number of hydrogen-bond donors (Lipinski definition) is 2. The highest BCUT2D eigenvalue weighted by molar-refractivity contribution is 5.96. The number of pyridine rings is 2. The van der Waals surface area contributed by atoms with Gasteiger partial charge >= 0.3 is 0 Å². The van der Waals surface area contributed by atoms with E-state index in [-0.39, 0.29) is 6.54 Å². The van der Waals surface area contributed by atoms with Gasteiger partial charge in [-0.15, -0.1) is 0 Å². The van der Waals surface area contributed by atoms with Crippen molar-refractivity contribution in [2.24, 2.45) is 0 Å². The number of piperidine rings is 1. The number of aliphatic hydroxyl groups excluding tert-OH is 1. The van der Waals surface area contributed by atoms with Gasteiger partial charge < -0.3 is 20.2 Å². The second-order valence-electron chi connectivity index (χ2n) is 9.32. The van der Waals surface area contributed by atoms with Crippen LogP contribution in [0.5, 0.6) is 0 Å². The molecule has 2 aliphatic heterocycles. The lowest BCUT2D eigenvalue weighted by Gasteiger charge is -2.40. The van der Waals surface area contributed by atoms with E-state index < -0.39 is 12.3 Å². The minimum absolute atomic E-state index is 0.0846. The molecule has 2 aliphatic rings. The molecule has 0 aliphatic carbocycles. The molecule has 3 atom stereocenters. The van der Waals surface area contributed by atoms with Crippen LogP contribution in [0.4, 0.5) is 27.8 Å². The van der Waals surface area contributed by atoms with Gasteiger partial charge in [0.05, 0.1) is 12.6 Å². The molecule has 0 spiro atoms. The van der Waals surface area contributed by atoms with Gasteiger partial charge in [0.25, 0.3) is 0 Å². The molecule has 2 saturated heterocycles. The average Bonchev–Trinajstić information content (AvgIpc) is 2.80. The third-order valence-electron chi connectivity index (χ3n) is 6.68. The van der Waals surface area contributed by atoms with Crippen LogP contribution >= 0.6 is 0 Å². The third kappa shape index (κ3) is 4.17. The summed E-state index contributed by atoms with van der Waals surface area (Å²) in [5, 5.41) is 15.1. The van der Waals surface area contributed by atoms with Crippen molar-refractivity contribution < 1.29 is 9.50 Å². The Morgan fingerprint density at radius 1 is 1.09 bits per heavy atom. The topological polar surface area (TPSA) is 90.3 Å². The van der Waals surface area contributed by atoms with Crippen molar-refractivity contribution in [3.63, 3.8) is 0 Å². The average molecular weight is 452 g/mol. The van der Waals surface area contributed by atoms with Gasteiger partial charge in [-0.3, -0.25) is 0 Å². The number of aromatic nitrogens is 4. The zero-order chi connectivity index (χ0) is 23.1. The van der Waals surface area contributed by atoms with E-state index in [0.29, 0.717) is 42.5 Å². The van der Waals surface area contributed by atoms with Gasteiger partial charge in [0.2, 0.25) is 5.95 Å². The minimum atomic E-state index is -1.30. The van der Waals surface area contributed by atoms with E-state index in [9.17, 15) is 9.50 Å². The van der Waals surface area contributed by atoms with E-state index in [1.165, 1.54) is 12.0 Å². The Labute approximate surface area is 192 Å². The Balaban J connectivity index is 1.44. The number of alkyl halides is 1. The highest BCUT2D eigenvalue weighted by Gasteiger charge is 2.29. The molecule has 2 N–H and O–H groups in total. The van der Waals surface area contributed by atoms with Gasteiger partial charge in [0, 0.05) is 43.1 Å². The molecule has 0 amide bonds. The fourth-order valence-corrected chi connectivity index (χ4v) is 4.51.